The predicted octanol–water partition coefficient (Wildman–Crippen LogP) is 5.10. The van der Waals surface area contributed by atoms with Gasteiger partial charge in [-0.1, -0.05) is 30.3 Å². The van der Waals surface area contributed by atoms with Crippen LogP contribution in [0.5, 0.6) is 0 Å². The predicted molar refractivity (Wildman–Crippen MR) is 93.4 cm³/mol. The van der Waals surface area contributed by atoms with Gasteiger partial charge in [0.2, 0.25) is 0 Å². The molecule has 3 rings (SSSR count). The van der Waals surface area contributed by atoms with Gasteiger partial charge in [0.1, 0.15) is 5.82 Å². The van der Waals surface area contributed by atoms with Gasteiger partial charge in [-0.15, -0.1) is 0 Å². The largest absolute Gasteiger partial charge is 0.418 e. The molecule has 0 radical (unpaired) electrons. The molecular weight excluding hydrogens is 343 g/mol. The molecule has 0 spiro atoms. The molecule has 0 fully saturated rings. The molecule has 1 aromatic heterocycles. The third-order valence-electron chi connectivity index (χ3n) is 3.55. The summed E-state index contributed by atoms with van der Waals surface area (Å²) in [6.07, 6.45) is -3.13. The van der Waals surface area contributed by atoms with Crippen molar-refractivity contribution in [3.63, 3.8) is 0 Å². The first-order valence-electron chi connectivity index (χ1n) is 7.69. The lowest BCUT2D eigenvalue weighted by Gasteiger charge is -2.14. The van der Waals surface area contributed by atoms with Crippen molar-refractivity contribution in [1.82, 2.24) is 4.98 Å². The summed E-state index contributed by atoms with van der Waals surface area (Å²) in [4.78, 5) is 16.3. The summed E-state index contributed by atoms with van der Waals surface area (Å²) in [7, 11) is 0. The average Bonchev–Trinajstić information content (AvgIpc) is 2.62. The maximum Gasteiger partial charge on any atom is 0.418 e. The molecule has 0 aliphatic rings. The molecule has 3 aromatic rings. The minimum absolute atomic E-state index is 0.131. The van der Waals surface area contributed by atoms with Crippen molar-refractivity contribution >= 4 is 23.1 Å². The molecule has 1 heterocycles. The number of nitrogens with one attached hydrogen (secondary N) is 2. The zero-order valence-electron chi connectivity index (χ0n) is 13.4. The van der Waals surface area contributed by atoms with Gasteiger partial charge in [0.15, 0.2) is 0 Å². The zero-order valence-corrected chi connectivity index (χ0v) is 13.4. The van der Waals surface area contributed by atoms with Crippen LogP contribution in [-0.4, -0.2) is 10.9 Å². The number of hydrogen-bond donors (Lipinski definition) is 2. The lowest BCUT2D eigenvalue weighted by molar-refractivity contribution is -0.136. The maximum atomic E-state index is 13.1. The van der Waals surface area contributed by atoms with E-state index in [1.807, 2.05) is 6.07 Å². The van der Waals surface area contributed by atoms with Crippen molar-refractivity contribution in [2.45, 2.75) is 6.18 Å². The van der Waals surface area contributed by atoms with Gasteiger partial charge in [0.25, 0.3) is 5.91 Å². The van der Waals surface area contributed by atoms with Gasteiger partial charge in [0.05, 0.1) is 11.3 Å². The Morgan fingerprint density at radius 1 is 0.923 bits per heavy atom. The maximum absolute atomic E-state index is 13.1. The fourth-order valence-corrected chi connectivity index (χ4v) is 2.34. The lowest BCUT2D eigenvalue weighted by Crippen LogP contribution is -2.13. The number of benzene rings is 2. The van der Waals surface area contributed by atoms with E-state index in [-0.39, 0.29) is 23.0 Å². The number of carbonyl (C=O) groups is 1. The van der Waals surface area contributed by atoms with Crippen molar-refractivity contribution in [3.8, 4) is 0 Å². The van der Waals surface area contributed by atoms with Gasteiger partial charge in [-0.3, -0.25) is 4.79 Å². The molecular formula is C19H14F3N3O. The Hall–Kier alpha value is -3.35. The Kier molecular flexibility index (Phi) is 4.88. The molecule has 0 bridgehead atoms. The summed E-state index contributed by atoms with van der Waals surface area (Å²) < 4.78 is 39.2. The van der Waals surface area contributed by atoms with Gasteiger partial charge >= 0.3 is 6.18 Å². The van der Waals surface area contributed by atoms with E-state index in [0.717, 1.165) is 6.07 Å². The number of para-hydroxylation sites is 2. The minimum atomic E-state index is -4.49. The molecule has 0 atom stereocenters. The van der Waals surface area contributed by atoms with Crippen molar-refractivity contribution in [1.29, 1.82) is 0 Å². The summed E-state index contributed by atoms with van der Waals surface area (Å²) >= 11 is 0. The topological polar surface area (TPSA) is 54.0 Å². The first-order valence-corrected chi connectivity index (χ1v) is 7.69. The first kappa shape index (κ1) is 17.5. The van der Waals surface area contributed by atoms with Gasteiger partial charge in [-0.2, -0.15) is 13.2 Å². The standard InChI is InChI=1S/C19H14F3N3O/c20-19(21,22)15-8-4-5-9-16(15)25-17-12-13(10-11-23-17)18(26)24-14-6-2-1-3-7-14/h1-12H,(H,23,25)(H,24,26). The number of amides is 1. The Bertz CT molecular complexity index is 911. The quantitative estimate of drug-likeness (QED) is 0.683. The van der Waals surface area contributed by atoms with Crippen LogP contribution in [0.1, 0.15) is 15.9 Å². The number of alkyl halides is 3. The smallest absolute Gasteiger partial charge is 0.340 e. The second kappa shape index (κ2) is 7.26. The lowest BCUT2D eigenvalue weighted by atomic mass is 10.1. The average molecular weight is 357 g/mol. The third-order valence-corrected chi connectivity index (χ3v) is 3.55. The molecule has 26 heavy (non-hydrogen) atoms. The molecule has 132 valence electrons. The second-order valence-corrected chi connectivity index (χ2v) is 5.42. The van der Waals surface area contributed by atoms with Crippen LogP contribution in [0.4, 0.5) is 30.4 Å². The SMILES string of the molecule is O=C(Nc1ccccc1)c1ccnc(Nc2ccccc2C(F)(F)F)c1. The first-order chi connectivity index (χ1) is 12.4. The summed E-state index contributed by atoms with van der Waals surface area (Å²) in [6.45, 7) is 0. The molecule has 2 aromatic carbocycles. The third kappa shape index (κ3) is 4.18. The Morgan fingerprint density at radius 3 is 2.35 bits per heavy atom. The fourth-order valence-electron chi connectivity index (χ4n) is 2.34. The van der Waals surface area contributed by atoms with Gasteiger partial charge in [-0.05, 0) is 36.4 Å². The number of anilines is 3. The van der Waals surface area contributed by atoms with Crippen LogP contribution in [0.2, 0.25) is 0 Å². The highest BCUT2D eigenvalue weighted by molar-refractivity contribution is 6.04. The Labute approximate surface area is 147 Å². The molecule has 0 aliphatic heterocycles. The highest BCUT2D eigenvalue weighted by Gasteiger charge is 2.33. The molecule has 0 saturated carbocycles. The van der Waals surface area contributed by atoms with Crippen LogP contribution < -0.4 is 10.6 Å². The van der Waals surface area contributed by atoms with Crippen LogP contribution in [0, 0.1) is 0 Å². The van der Waals surface area contributed by atoms with Crippen LogP contribution in [0.25, 0.3) is 0 Å². The van der Waals surface area contributed by atoms with Crippen LogP contribution >= 0.6 is 0 Å². The van der Waals surface area contributed by atoms with E-state index < -0.39 is 11.7 Å². The molecule has 0 unspecified atom stereocenters. The zero-order chi connectivity index (χ0) is 18.6. The van der Waals surface area contributed by atoms with Crippen molar-refractivity contribution in [3.05, 3.63) is 84.1 Å². The van der Waals surface area contributed by atoms with E-state index in [9.17, 15) is 18.0 Å². The number of aromatic nitrogens is 1. The molecule has 7 heteroatoms. The van der Waals surface area contributed by atoms with Crippen LogP contribution in [0.15, 0.2) is 72.9 Å². The highest BCUT2D eigenvalue weighted by atomic mass is 19.4. The number of halogens is 3. The fraction of sp³-hybridized carbons (Fsp3) is 0.0526. The van der Waals surface area contributed by atoms with Crippen molar-refractivity contribution < 1.29 is 18.0 Å². The van der Waals surface area contributed by atoms with Crippen LogP contribution in [0.3, 0.4) is 0 Å². The van der Waals surface area contributed by atoms with E-state index in [1.165, 1.54) is 36.5 Å². The van der Waals surface area contributed by atoms with Gasteiger partial charge in [0, 0.05) is 17.4 Å². The normalized spacial score (nSPS) is 11.0. The van der Waals surface area contributed by atoms with Gasteiger partial charge < -0.3 is 10.6 Å². The summed E-state index contributed by atoms with van der Waals surface area (Å²) in [5.41, 5.74) is -0.0452. The monoisotopic (exact) mass is 357 g/mol. The summed E-state index contributed by atoms with van der Waals surface area (Å²) in [5, 5.41) is 5.34. The molecule has 0 saturated heterocycles. The van der Waals surface area contributed by atoms with Crippen LogP contribution in [-0.2, 0) is 6.18 Å². The molecule has 0 aliphatic carbocycles. The molecule has 2 N–H and O–H groups in total. The minimum Gasteiger partial charge on any atom is -0.340 e. The number of carbonyl (C=O) groups excluding carboxylic acids is 1. The number of pyridine rings is 1. The van der Waals surface area contributed by atoms with E-state index in [4.69, 9.17) is 0 Å². The molecule has 1 amide bonds. The Morgan fingerprint density at radius 2 is 1.62 bits per heavy atom. The number of nitrogens with zero attached hydrogens (tertiary/aromatic N) is 1. The summed E-state index contributed by atoms with van der Waals surface area (Å²) in [5.74, 6) is -0.242. The second-order valence-electron chi connectivity index (χ2n) is 5.42. The Balaban J connectivity index is 1.81. The van der Waals surface area contributed by atoms with E-state index in [1.54, 1.807) is 24.3 Å². The highest BCUT2D eigenvalue weighted by Crippen LogP contribution is 2.35. The van der Waals surface area contributed by atoms with Crippen molar-refractivity contribution in [2.75, 3.05) is 10.6 Å². The van der Waals surface area contributed by atoms with E-state index in [0.29, 0.717) is 5.69 Å². The number of hydrogen-bond acceptors (Lipinski definition) is 3. The van der Waals surface area contributed by atoms with Gasteiger partial charge in [-0.25, -0.2) is 4.98 Å². The number of rotatable bonds is 4. The van der Waals surface area contributed by atoms with Crippen molar-refractivity contribution in [2.24, 2.45) is 0 Å². The van der Waals surface area contributed by atoms with E-state index in [2.05, 4.69) is 15.6 Å². The summed E-state index contributed by atoms with van der Waals surface area (Å²) in [6, 6.07) is 16.8. The van der Waals surface area contributed by atoms with E-state index >= 15 is 0 Å². The molecule has 4 nitrogen and oxygen atoms in total.